The Labute approximate surface area is 112 Å². The molecule has 2 aromatic carbocycles. The zero-order valence-electron chi connectivity index (χ0n) is 10.9. The van der Waals surface area contributed by atoms with Crippen molar-refractivity contribution in [3.8, 4) is 0 Å². The lowest BCUT2D eigenvalue weighted by Crippen LogP contribution is -2.31. The summed E-state index contributed by atoms with van der Waals surface area (Å²) in [5.41, 5.74) is 1.46. The van der Waals surface area contributed by atoms with Crippen molar-refractivity contribution >= 4 is 0 Å². The third-order valence-corrected chi connectivity index (χ3v) is 3.19. The molecule has 0 aliphatic heterocycles. The van der Waals surface area contributed by atoms with Crippen LogP contribution in [0.3, 0.4) is 0 Å². The first-order valence-corrected chi connectivity index (χ1v) is 6.38. The second kappa shape index (κ2) is 6.45. The first-order chi connectivity index (χ1) is 9.18. The molecule has 2 N–H and O–H groups in total. The molecule has 0 spiro atoms. The zero-order chi connectivity index (χ0) is 13.7. The van der Waals surface area contributed by atoms with Crippen LogP contribution in [0.15, 0.2) is 54.6 Å². The van der Waals surface area contributed by atoms with Gasteiger partial charge in [0.1, 0.15) is 5.82 Å². The van der Waals surface area contributed by atoms with Crippen molar-refractivity contribution < 1.29 is 9.50 Å². The number of aliphatic hydroxyl groups is 1. The fourth-order valence-corrected chi connectivity index (χ4v) is 1.96. The highest BCUT2D eigenvalue weighted by Crippen LogP contribution is 2.16. The number of benzene rings is 2. The molecule has 2 rings (SSSR count). The molecule has 0 amide bonds. The van der Waals surface area contributed by atoms with Crippen LogP contribution >= 0.6 is 0 Å². The van der Waals surface area contributed by atoms with E-state index < -0.39 is 6.10 Å². The maximum absolute atomic E-state index is 13.5. The van der Waals surface area contributed by atoms with Crippen molar-refractivity contribution in [1.82, 2.24) is 5.32 Å². The molecule has 19 heavy (non-hydrogen) atoms. The Morgan fingerprint density at radius 3 is 2.37 bits per heavy atom. The summed E-state index contributed by atoms with van der Waals surface area (Å²) in [6, 6.07) is 16.0. The average molecular weight is 259 g/mol. The SMILES string of the molecule is CC(NCc1ccccc1F)C(O)c1ccccc1. The van der Waals surface area contributed by atoms with Gasteiger partial charge in [0.25, 0.3) is 0 Å². The first-order valence-electron chi connectivity index (χ1n) is 6.38. The van der Waals surface area contributed by atoms with Crippen LogP contribution in [0.4, 0.5) is 4.39 Å². The molecule has 100 valence electrons. The molecule has 2 unspecified atom stereocenters. The van der Waals surface area contributed by atoms with E-state index in [2.05, 4.69) is 5.32 Å². The Hall–Kier alpha value is -1.71. The lowest BCUT2D eigenvalue weighted by molar-refractivity contribution is 0.135. The van der Waals surface area contributed by atoms with Gasteiger partial charge >= 0.3 is 0 Å². The van der Waals surface area contributed by atoms with Crippen LogP contribution in [-0.2, 0) is 6.54 Å². The minimum Gasteiger partial charge on any atom is -0.387 e. The molecule has 0 fully saturated rings. The summed E-state index contributed by atoms with van der Waals surface area (Å²) in [5, 5.41) is 13.3. The number of halogens is 1. The van der Waals surface area contributed by atoms with Gasteiger partial charge in [-0.2, -0.15) is 0 Å². The topological polar surface area (TPSA) is 32.3 Å². The van der Waals surface area contributed by atoms with E-state index in [4.69, 9.17) is 0 Å². The largest absolute Gasteiger partial charge is 0.387 e. The van der Waals surface area contributed by atoms with Crippen LogP contribution in [0.25, 0.3) is 0 Å². The summed E-state index contributed by atoms with van der Waals surface area (Å²) in [6.07, 6.45) is -0.604. The molecule has 0 radical (unpaired) electrons. The Balaban J connectivity index is 1.95. The van der Waals surface area contributed by atoms with Crippen molar-refractivity contribution in [3.63, 3.8) is 0 Å². The lowest BCUT2D eigenvalue weighted by Gasteiger charge is -2.20. The number of nitrogens with one attached hydrogen (secondary N) is 1. The highest BCUT2D eigenvalue weighted by molar-refractivity contribution is 5.20. The van der Waals surface area contributed by atoms with Gasteiger partial charge in [0.2, 0.25) is 0 Å². The van der Waals surface area contributed by atoms with Crippen LogP contribution in [0.1, 0.15) is 24.2 Å². The normalized spacial score (nSPS) is 14.1. The van der Waals surface area contributed by atoms with Crippen LogP contribution < -0.4 is 5.32 Å². The van der Waals surface area contributed by atoms with Crippen molar-refractivity contribution in [1.29, 1.82) is 0 Å². The molecule has 0 saturated heterocycles. The van der Waals surface area contributed by atoms with E-state index in [1.165, 1.54) is 6.07 Å². The van der Waals surface area contributed by atoms with Gasteiger partial charge in [-0.1, -0.05) is 48.5 Å². The summed E-state index contributed by atoms with van der Waals surface area (Å²) >= 11 is 0. The highest BCUT2D eigenvalue weighted by atomic mass is 19.1. The Morgan fingerprint density at radius 2 is 1.68 bits per heavy atom. The molecule has 0 bridgehead atoms. The summed E-state index contributed by atoms with van der Waals surface area (Å²) in [7, 11) is 0. The molecule has 0 aliphatic rings. The van der Waals surface area contributed by atoms with Crippen molar-refractivity contribution in [2.24, 2.45) is 0 Å². The minimum atomic E-state index is -0.604. The first kappa shape index (κ1) is 13.7. The predicted molar refractivity (Wildman–Crippen MR) is 74.1 cm³/mol. The Bertz CT molecular complexity index is 515. The monoisotopic (exact) mass is 259 g/mol. The van der Waals surface area contributed by atoms with Crippen molar-refractivity contribution in [3.05, 3.63) is 71.5 Å². The number of hydrogen-bond donors (Lipinski definition) is 2. The predicted octanol–water partition coefficient (Wildman–Crippen LogP) is 3.04. The van der Waals surface area contributed by atoms with Crippen molar-refractivity contribution in [2.45, 2.75) is 25.6 Å². The van der Waals surface area contributed by atoms with Gasteiger partial charge in [0.15, 0.2) is 0 Å². The highest BCUT2D eigenvalue weighted by Gasteiger charge is 2.15. The van der Waals surface area contributed by atoms with Gasteiger partial charge in [0.05, 0.1) is 6.10 Å². The van der Waals surface area contributed by atoms with Gasteiger partial charge < -0.3 is 10.4 Å². The molecule has 2 atom stereocenters. The molecule has 0 aliphatic carbocycles. The van der Waals surface area contributed by atoms with Gasteiger partial charge in [0, 0.05) is 18.2 Å². The quantitative estimate of drug-likeness (QED) is 0.865. The van der Waals surface area contributed by atoms with Crippen LogP contribution in [-0.4, -0.2) is 11.1 Å². The molecular weight excluding hydrogens is 241 g/mol. The smallest absolute Gasteiger partial charge is 0.127 e. The number of rotatable bonds is 5. The van der Waals surface area contributed by atoms with Crippen molar-refractivity contribution in [2.75, 3.05) is 0 Å². The number of aliphatic hydroxyl groups excluding tert-OH is 1. The van der Waals surface area contributed by atoms with Gasteiger partial charge in [-0.15, -0.1) is 0 Å². The zero-order valence-corrected chi connectivity index (χ0v) is 10.9. The minimum absolute atomic E-state index is 0.151. The van der Waals surface area contributed by atoms with Gasteiger partial charge in [-0.05, 0) is 18.6 Å². The van der Waals surface area contributed by atoms with E-state index in [1.54, 1.807) is 18.2 Å². The molecular formula is C16H18FNO. The van der Waals surface area contributed by atoms with E-state index in [9.17, 15) is 9.50 Å². The number of hydrogen-bond acceptors (Lipinski definition) is 2. The average Bonchev–Trinajstić information content (AvgIpc) is 2.46. The maximum atomic E-state index is 13.5. The maximum Gasteiger partial charge on any atom is 0.127 e. The summed E-state index contributed by atoms with van der Waals surface area (Å²) in [6.45, 7) is 2.29. The Morgan fingerprint density at radius 1 is 1.05 bits per heavy atom. The van der Waals surface area contributed by atoms with Gasteiger partial charge in [-0.25, -0.2) is 4.39 Å². The molecule has 0 aromatic heterocycles. The summed E-state index contributed by atoms with van der Waals surface area (Å²) in [5.74, 6) is -0.226. The van der Waals surface area contributed by atoms with E-state index in [0.29, 0.717) is 12.1 Å². The van der Waals surface area contributed by atoms with E-state index >= 15 is 0 Å². The lowest BCUT2D eigenvalue weighted by atomic mass is 10.0. The third kappa shape index (κ3) is 3.63. The standard InChI is InChI=1S/C16H18FNO/c1-12(16(19)13-7-3-2-4-8-13)18-11-14-9-5-6-10-15(14)17/h2-10,12,16,18-19H,11H2,1H3. The third-order valence-electron chi connectivity index (χ3n) is 3.19. The van der Waals surface area contributed by atoms with E-state index in [1.807, 2.05) is 37.3 Å². The second-order valence-corrected chi connectivity index (χ2v) is 4.62. The fourth-order valence-electron chi connectivity index (χ4n) is 1.96. The molecule has 3 heteroatoms. The van der Waals surface area contributed by atoms with Crippen LogP contribution in [0, 0.1) is 5.82 Å². The van der Waals surface area contributed by atoms with E-state index in [0.717, 1.165) is 5.56 Å². The second-order valence-electron chi connectivity index (χ2n) is 4.62. The summed E-state index contributed by atoms with van der Waals surface area (Å²) < 4.78 is 13.5. The molecule has 2 aromatic rings. The Kier molecular flexibility index (Phi) is 4.66. The molecule has 0 heterocycles. The van der Waals surface area contributed by atoms with E-state index in [-0.39, 0.29) is 11.9 Å². The fraction of sp³-hybridized carbons (Fsp3) is 0.250. The van der Waals surface area contributed by atoms with Crippen LogP contribution in [0.2, 0.25) is 0 Å². The summed E-state index contributed by atoms with van der Waals surface area (Å²) in [4.78, 5) is 0. The van der Waals surface area contributed by atoms with Crippen LogP contribution in [0.5, 0.6) is 0 Å². The van der Waals surface area contributed by atoms with Gasteiger partial charge in [-0.3, -0.25) is 0 Å². The molecule has 2 nitrogen and oxygen atoms in total. The molecule has 0 saturated carbocycles.